The largest absolute Gasteiger partial charge is 1.00 e. The zero-order valence-corrected chi connectivity index (χ0v) is 23.9. The number of aryl methyl sites for hydroxylation is 2. The van der Waals surface area contributed by atoms with Gasteiger partial charge in [0.2, 0.25) is 23.1 Å². The zero-order chi connectivity index (χ0) is 25.7. The molecule has 2 aliphatic carbocycles. The number of nitrogens with zero attached hydrogens (tertiary/aromatic N) is 2. The number of ether oxygens (including phenoxy) is 2. The number of methoxy groups -OCH3 is 2. The Kier molecular flexibility index (Phi) is 16.4. The van der Waals surface area contributed by atoms with Crippen molar-refractivity contribution in [2.45, 2.75) is 6.61 Å². The standard InChI is InChI=1S/C11H11NO4.C11H9NO4.CH4O.Ar.B.Na.H/c2*1-12-4-6(5-13)9-10(12)7(14)3-8(16-2)11(9)15;1-2;;;;/h3-4,13H,5H2,1-2H3;3-5H,1-2H3;2H,1H3;;;;/q;;;;;+1;-1. The van der Waals surface area contributed by atoms with Crippen molar-refractivity contribution in [1.82, 2.24) is 9.13 Å². The molecular formula is C23H25ArBN2NaO9. The average Bonchev–Trinajstić information content (AvgIpc) is 3.37. The average molecular weight is 547 g/mol. The van der Waals surface area contributed by atoms with Crippen LogP contribution in [0.15, 0.2) is 36.1 Å². The van der Waals surface area contributed by atoms with Gasteiger partial charge in [-0.25, -0.2) is 0 Å². The van der Waals surface area contributed by atoms with E-state index in [1.807, 2.05) is 0 Å². The summed E-state index contributed by atoms with van der Waals surface area (Å²) in [4.78, 5) is 58.0. The molecule has 0 amide bonds. The molecule has 0 atom stereocenters. The summed E-state index contributed by atoms with van der Waals surface area (Å²) in [7, 11) is 6.92. The molecule has 11 nitrogen and oxygen atoms in total. The number of carbonyl (C=O) groups is 5. The summed E-state index contributed by atoms with van der Waals surface area (Å²) in [5, 5.41) is 16.1. The van der Waals surface area contributed by atoms with Crippen LogP contribution < -0.4 is 29.6 Å². The number of hydrogen-bond donors (Lipinski definition) is 2. The van der Waals surface area contributed by atoms with Crippen molar-refractivity contribution in [3.8, 4) is 0 Å². The van der Waals surface area contributed by atoms with Crippen LogP contribution in [0.1, 0.15) is 59.0 Å². The summed E-state index contributed by atoms with van der Waals surface area (Å²) in [6, 6.07) is 0. The van der Waals surface area contributed by atoms with Gasteiger partial charge in [0.25, 0.3) is 0 Å². The van der Waals surface area contributed by atoms with E-state index in [1.54, 1.807) is 24.9 Å². The topological polar surface area (TPSA) is 154 Å². The van der Waals surface area contributed by atoms with Crippen molar-refractivity contribution in [3.05, 3.63) is 69.7 Å². The van der Waals surface area contributed by atoms with E-state index in [4.69, 9.17) is 19.7 Å². The van der Waals surface area contributed by atoms with E-state index in [-0.39, 0.29) is 135 Å². The minimum absolute atomic E-state index is 0. The van der Waals surface area contributed by atoms with Crippen LogP contribution in [0.3, 0.4) is 0 Å². The Morgan fingerprint density at radius 1 is 0.865 bits per heavy atom. The molecular weight excluding hydrogens is 522 g/mol. The molecule has 37 heavy (non-hydrogen) atoms. The SMILES string of the molecule is CO.COC1=CC(=O)c2c(c(C=O)cn2C)C1=O.COC1=CC(=O)c2c(c(CO)cn2C)C1=O.[Ar].[B].[H-].[Na+]. The quantitative estimate of drug-likeness (QED) is 0.313. The minimum Gasteiger partial charge on any atom is -1.00 e. The fraction of sp³-hybridized carbons (Fsp3) is 0.261. The van der Waals surface area contributed by atoms with Crippen LogP contribution in [0.4, 0.5) is 0 Å². The number of hydrogen-bond acceptors (Lipinski definition) is 9. The van der Waals surface area contributed by atoms with Gasteiger partial charge >= 0.3 is 29.6 Å². The number of ketones is 4. The number of fused-ring (bicyclic) bond motifs is 2. The van der Waals surface area contributed by atoms with E-state index in [9.17, 15) is 24.0 Å². The third kappa shape index (κ3) is 7.21. The van der Waals surface area contributed by atoms with Crippen LogP contribution in [0.25, 0.3) is 0 Å². The first-order valence-corrected chi connectivity index (χ1v) is 9.77. The van der Waals surface area contributed by atoms with Crippen molar-refractivity contribution in [1.29, 1.82) is 0 Å². The Balaban J connectivity index is -0.000000551. The van der Waals surface area contributed by atoms with Gasteiger partial charge in [-0.05, 0) is 0 Å². The third-order valence-corrected chi connectivity index (χ3v) is 5.10. The monoisotopic (exact) mass is 547 g/mol. The van der Waals surface area contributed by atoms with Gasteiger partial charge in [-0.3, -0.25) is 24.0 Å². The molecule has 0 aliphatic heterocycles. The molecule has 2 aromatic heterocycles. The summed E-state index contributed by atoms with van der Waals surface area (Å²) < 4.78 is 12.7. The van der Waals surface area contributed by atoms with Crippen molar-refractivity contribution in [2.75, 3.05) is 21.3 Å². The summed E-state index contributed by atoms with van der Waals surface area (Å²) in [5.41, 5.74) is 1.55. The Labute approximate surface area is 268 Å². The molecule has 0 unspecified atom stereocenters. The number of aromatic nitrogens is 2. The Morgan fingerprint density at radius 3 is 1.68 bits per heavy atom. The molecule has 2 aliphatic rings. The molecule has 2 aromatic rings. The number of aliphatic hydroxyl groups excluding tert-OH is 2. The molecule has 0 aromatic carbocycles. The van der Waals surface area contributed by atoms with Crippen LogP contribution in [0, 0.1) is 37.7 Å². The number of aliphatic hydroxyl groups is 2. The van der Waals surface area contributed by atoms with Gasteiger partial charge in [0.15, 0.2) is 17.8 Å². The van der Waals surface area contributed by atoms with Gasteiger partial charge in [-0.1, -0.05) is 0 Å². The fourth-order valence-electron chi connectivity index (χ4n) is 3.69. The molecule has 193 valence electrons. The van der Waals surface area contributed by atoms with E-state index in [2.05, 4.69) is 0 Å². The van der Waals surface area contributed by atoms with Crippen molar-refractivity contribution < 1.29 is 112 Å². The predicted octanol–water partition coefficient (Wildman–Crippen LogP) is -2.48. The van der Waals surface area contributed by atoms with E-state index in [0.29, 0.717) is 17.5 Å². The molecule has 3 radical (unpaired) electrons. The maximum Gasteiger partial charge on any atom is 1.00 e. The van der Waals surface area contributed by atoms with Gasteiger partial charge in [0, 0.05) is 103 Å². The Bertz CT molecular complexity index is 1270. The summed E-state index contributed by atoms with van der Waals surface area (Å²) in [6.07, 6.45) is 5.90. The second-order valence-electron chi connectivity index (χ2n) is 7.00. The van der Waals surface area contributed by atoms with Crippen LogP contribution in [-0.4, -0.2) is 78.5 Å². The van der Waals surface area contributed by atoms with Crippen molar-refractivity contribution in [2.24, 2.45) is 14.1 Å². The number of aldehydes is 1. The summed E-state index contributed by atoms with van der Waals surface area (Å²) >= 11 is 0. The van der Waals surface area contributed by atoms with E-state index >= 15 is 0 Å². The maximum atomic E-state index is 11.9. The number of rotatable bonds is 4. The number of carbonyl (C=O) groups excluding carboxylic acids is 5. The second kappa shape index (κ2) is 16.3. The molecule has 2 heterocycles. The first kappa shape index (κ1) is 37.4. The van der Waals surface area contributed by atoms with E-state index in [0.717, 1.165) is 13.2 Å². The van der Waals surface area contributed by atoms with Gasteiger partial charge in [0.1, 0.15) is 11.4 Å². The summed E-state index contributed by atoms with van der Waals surface area (Å²) in [5.74, 6) is -1.43. The molecule has 0 bridgehead atoms. The molecule has 0 saturated carbocycles. The van der Waals surface area contributed by atoms with Gasteiger partial charge in [-0.2, -0.15) is 0 Å². The van der Waals surface area contributed by atoms with Gasteiger partial charge in [0.05, 0.1) is 32.0 Å². The molecule has 2 N–H and O–H groups in total. The third-order valence-electron chi connectivity index (χ3n) is 5.10. The minimum atomic E-state index is -0.431. The maximum absolute atomic E-state index is 11.9. The Morgan fingerprint density at radius 2 is 1.27 bits per heavy atom. The van der Waals surface area contributed by atoms with Crippen molar-refractivity contribution >= 4 is 37.8 Å². The van der Waals surface area contributed by atoms with Gasteiger partial charge < -0.3 is 30.2 Å². The van der Waals surface area contributed by atoms with E-state index in [1.165, 1.54) is 31.1 Å². The Hall–Kier alpha value is -1.77. The molecule has 0 fully saturated rings. The first-order valence-electron chi connectivity index (χ1n) is 9.77. The van der Waals surface area contributed by atoms with Crippen LogP contribution in [0.5, 0.6) is 0 Å². The first-order chi connectivity index (χ1) is 16.2. The molecule has 14 heteroatoms. The molecule has 4 rings (SSSR count). The number of allylic oxidation sites excluding steroid dienone is 4. The zero-order valence-electron chi connectivity index (χ0n) is 22.2. The number of Topliss-reactive ketones (excluding diaryl/α,β-unsaturated/α-hetero) is 2. The van der Waals surface area contributed by atoms with Crippen LogP contribution in [-0.2, 0) is 30.2 Å². The molecule has 0 spiro atoms. The van der Waals surface area contributed by atoms with Crippen LogP contribution in [0.2, 0.25) is 0 Å². The van der Waals surface area contributed by atoms with Crippen LogP contribution >= 0.6 is 0 Å². The second-order valence-corrected chi connectivity index (χ2v) is 7.00. The smallest absolute Gasteiger partial charge is 1.00 e. The predicted molar refractivity (Wildman–Crippen MR) is 125 cm³/mol. The molecule has 0 saturated heterocycles. The fourth-order valence-corrected chi connectivity index (χ4v) is 3.69. The normalized spacial score (nSPS) is 12.8. The summed E-state index contributed by atoms with van der Waals surface area (Å²) in [6.45, 7) is -0.279. The van der Waals surface area contributed by atoms with Crippen molar-refractivity contribution in [3.63, 3.8) is 0 Å². The van der Waals surface area contributed by atoms with Gasteiger partial charge in [-0.15, -0.1) is 0 Å². The van der Waals surface area contributed by atoms with E-state index < -0.39 is 5.78 Å².